The van der Waals surface area contributed by atoms with E-state index in [0.29, 0.717) is 17.9 Å². The van der Waals surface area contributed by atoms with E-state index in [-0.39, 0.29) is 11.8 Å². The van der Waals surface area contributed by atoms with Crippen molar-refractivity contribution >= 4 is 27.1 Å². The first-order valence-electron chi connectivity index (χ1n) is 9.28. The zero-order valence-corrected chi connectivity index (χ0v) is 17.9. The molecule has 148 valence electrons. The maximum atomic E-state index is 12.7. The number of hydrogen-bond donors (Lipinski definition) is 1. The third kappa shape index (κ3) is 6.66. The minimum Gasteiger partial charge on any atom is -0.352 e. The summed E-state index contributed by atoms with van der Waals surface area (Å²) < 4.78 is 25.4. The van der Waals surface area contributed by atoms with Crippen molar-refractivity contribution in [2.24, 2.45) is 4.99 Å². The van der Waals surface area contributed by atoms with E-state index in [1.165, 1.54) is 4.88 Å². The van der Waals surface area contributed by atoms with Gasteiger partial charge in [0.15, 0.2) is 15.8 Å². The van der Waals surface area contributed by atoms with Gasteiger partial charge in [-0.2, -0.15) is 0 Å². The third-order valence-corrected chi connectivity index (χ3v) is 7.06. The number of aliphatic imine (C=N–C) groups is 1. The van der Waals surface area contributed by atoms with E-state index < -0.39 is 9.84 Å². The summed E-state index contributed by atoms with van der Waals surface area (Å²) >= 11 is 1.75. The van der Waals surface area contributed by atoms with Crippen molar-refractivity contribution in [3.63, 3.8) is 0 Å². The zero-order valence-electron chi connectivity index (χ0n) is 16.3. The topological polar surface area (TPSA) is 61.8 Å². The van der Waals surface area contributed by atoms with Crippen LogP contribution in [0, 0.1) is 0 Å². The van der Waals surface area contributed by atoms with Gasteiger partial charge in [-0.25, -0.2) is 8.42 Å². The summed E-state index contributed by atoms with van der Waals surface area (Å²) in [4.78, 5) is 8.32. The number of hydrogen-bond acceptors (Lipinski definition) is 4. The number of sulfone groups is 1. The number of benzene rings is 1. The Hall–Kier alpha value is -1.86. The van der Waals surface area contributed by atoms with Crippen LogP contribution in [-0.4, -0.2) is 51.2 Å². The molecule has 7 heteroatoms. The first-order valence-corrected chi connectivity index (χ1v) is 11.8. The molecule has 1 unspecified atom stereocenters. The minimum atomic E-state index is -3.34. The van der Waals surface area contributed by atoms with E-state index in [4.69, 9.17) is 0 Å². The second-order valence-electron chi connectivity index (χ2n) is 6.39. The van der Waals surface area contributed by atoms with Gasteiger partial charge in [-0.1, -0.05) is 31.2 Å². The van der Waals surface area contributed by atoms with Crippen LogP contribution in [0.5, 0.6) is 0 Å². The van der Waals surface area contributed by atoms with E-state index in [1.807, 2.05) is 27.0 Å². The lowest BCUT2D eigenvalue weighted by Gasteiger charge is -2.26. The lowest BCUT2D eigenvalue weighted by atomic mass is 10.2. The van der Waals surface area contributed by atoms with E-state index in [1.54, 1.807) is 35.6 Å². The molecule has 1 heterocycles. The second kappa shape index (κ2) is 10.5. The quantitative estimate of drug-likeness (QED) is 0.511. The van der Waals surface area contributed by atoms with Crippen LogP contribution >= 0.6 is 11.3 Å². The van der Waals surface area contributed by atoms with Gasteiger partial charge in [0.2, 0.25) is 0 Å². The lowest BCUT2D eigenvalue weighted by molar-refractivity contribution is 0.468. The van der Waals surface area contributed by atoms with Gasteiger partial charge in [0.25, 0.3) is 0 Å². The molecular weight excluding hydrogens is 378 g/mol. The monoisotopic (exact) mass is 407 g/mol. The number of nitrogens with one attached hydrogen (secondary N) is 1. The molecule has 0 radical (unpaired) electrons. The Morgan fingerprint density at radius 2 is 1.93 bits per heavy atom. The van der Waals surface area contributed by atoms with Gasteiger partial charge in [0.1, 0.15) is 0 Å². The third-order valence-electron chi connectivity index (χ3n) is 4.29. The van der Waals surface area contributed by atoms with Gasteiger partial charge < -0.3 is 10.2 Å². The Kier molecular flexibility index (Phi) is 8.31. The summed E-state index contributed by atoms with van der Waals surface area (Å²) in [5.41, 5.74) is 0. The Morgan fingerprint density at radius 1 is 1.19 bits per heavy atom. The SMILES string of the molecule is CCN=C(NC(CC)CS(=O)(=O)c1ccccc1)N(C)CCc1cccs1. The van der Waals surface area contributed by atoms with Crippen molar-refractivity contribution in [3.8, 4) is 0 Å². The molecule has 0 aliphatic carbocycles. The van der Waals surface area contributed by atoms with E-state index in [9.17, 15) is 8.42 Å². The first-order chi connectivity index (χ1) is 13.0. The molecule has 0 saturated carbocycles. The molecule has 0 saturated heterocycles. The van der Waals surface area contributed by atoms with E-state index in [0.717, 1.165) is 18.9 Å². The molecule has 1 aromatic heterocycles. The molecule has 2 rings (SSSR count). The maximum absolute atomic E-state index is 12.7. The fraction of sp³-hybridized carbons (Fsp3) is 0.450. The van der Waals surface area contributed by atoms with Crippen molar-refractivity contribution in [2.45, 2.75) is 37.6 Å². The Balaban J connectivity index is 2.03. The van der Waals surface area contributed by atoms with Gasteiger partial charge >= 0.3 is 0 Å². The summed E-state index contributed by atoms with van der Waals surface area (Å²) in [5.74, 6) is 0.804. The van der Waals surface area contributed by atoms with Gasteiger partial charge in [0.05, 0.1) is 10.6 Å². The van der Waals surface area contributed by atoms with Crippen LogP contribution in [0.3, 0.4) is 0 Å². The maximum Gasteiger partial charge on any atom is 0.193 e. The van der Waals surface area contributed by atoms with Crippen LogP contribution in [0.25, 0.3) is 0 Å². The molecule has 0 spiro atoms. The molecule has 1 aromatic carbocycles. The zero-order chi connectivity index (χ0) is 19.7. The molecule has 0 aliphatic rings. The summed E-state index contributed by atoms with van der Waals surface area (Å²) in [6.07, 6.45) is 1.64. The molecular formula is C20H29N3O2S2. The highest BCUT2D eigenvalue weighted by atomic mass is 32.2. The highest BCUT2D eigenvalue weighted by Gasteiger charge is 2.22. The van der Waals surface area contributed by atoms with Crippen molar-refractivity contribution in [3.05, 3.63) is 52.7 Å². The van der Waals surface area contributed by atoms with Crippen LogP contribution in [-0.2, 0) is 16.3 Å². The van der Waals surface area contributed by atoms with Crippen LogP contribution in [0.4, 0.5) is 0 Å². The van der Waals surface area contributed by atoms with Crippen LogP contribution in [0.15, 0.2) is 57.7 Å². The molecule has 0 amide bonds. The first kappa shape index (κ1) is 21.4. The minimum absolute atomic E-state index is 0.0506. The van der Waals surface area contributed by atoms with Gasteiger partial charge in [-0.3, -0.25) is 4.99 Å². The van der Waals surface area contributed by atoms with Crippen molar-refractivity contribution in [1.82, 2.24) is 10.2 Å². The highest BCUT2D eigenvalue weighted by molar-refractivity contribution is 7.91. The predicted molar refractivity (Wildman–Crippen MR) is 114 cm³/mol. The normalized spacial score (nSPS) is 13.4. The van der Waals surface area contributed by atoms with Gasteiger partial charge in [-0.05, 0) is 43.3 Å². The Bertz CT molecular complexity index is 803. The summed E-state index contributed by atoms with van der Waals surface area (Å²) in [5, 5.41) is 5.44. The fourth-order valence-corrected chi connectivity index (χ4v) is 5.01. The molecule has 1 N–H and O–H groups in total. The van der Waals surface area contributed by atoms with Crippen LogP contribution in [0.2, 0.25) is 0 Å². The Labute approximate surface area is 167 Å². The highest BCUT2D eigenvalue weighted by Crippen LogP contribution is 2.13. The molecule has 0 bridgehead atoms. The predicted octanol–water partition coefficient (Wildman–Crippen LogP) is 3.44. The number of likely N-dealkylation sites (N-methyl/N-ethyl adjacent to an activating group) is 1. The van der Waals surface area contributed by atoms with Gasteiger partial charge in [-0.15, -0.1) is 11.3 Å². The largest absolute Gasteiger partial charge is 0.352 e. The number of guanidine groups is 1. The van der Waals surface area contributed by atoms with Gasteiger partial charge in [0, 0.05) is 31.1 Å². The summed E-state index contributed by atoms with van der Waals surface area (Å²) in [6, 6.07) is 12.6. The molecule has 2 aromatic rings. The van der Waals surface area contributed by atoms with Crippen molar-refractivity contribution in [2.75, 3.05) is 25.9 Å². The van der Waals surface area contributed by atoms with Crippen molar-refractivity contribution in [1.29, 1.82) is 0 Å². The lowest BCUT2D eigenvalue weighted by Crippen LogP contribution is -2.47. The number of thiophene rings is 1. The smallest absolute Gasteiger partial charge is 0.193 e. The Morgan fingerprint density at radius 3 is 2.52 bits per heavy atom. The molecule has 27 heavy (non-hydrogen) atoms. The average Bonchev–Trinajstić information content (AvgIpc) is 3.19. The standard InChI is InChI=1S/C20H29N3O2S2/c1-4-17(16-27(24,25)19-11-7-6-8-12-19)22-20(21-5-2)23(3)14-13-18-10-9-15-26-18/h6-12,15,17H,4-5,13-14,16H2,1-3H3,(H,21,22). The van der Waals surface area contributed by atoms with Crippen LogP contribution in [0.1, 0.15) is 25.1 Å². The molecule has 5 nitrogen and oxygen atoms in total. The number of rotatable bonds is 9. The van der Waals surface area contributed by atoms with Crippen LogP contribution < -0.4 is 5.32 Å². The second-order valence-corrected chi connectivity index (χ2v) is 9.46. The summed E-state index contributed by atoms with van der Waals surface area (Å²) in [7, 11) is -1.35. The average molecular weight is 408 g/mol. The van der Waals surface area contributed by atoms with Crippen molar-refractivity contribution < 1.29 is 8.42 Å². The number of nitrogens with zero attached hydrogens (tertiary/aromatic N) is 2. The van der Waals surface area contributed by atoms with E-state index in [2.05, 4.69) is 32.7 Å². The molecule has 0 fully saturated rings. The summed E-state index contributed by atoms with van der Waals surface area (Å²) in [6.45, 7) is 5.45. The molecule has 1 atom stereocenters. The van der Waals surface area contributed by atoms with E-state index >= 15 is 0 Å². The molecule has 0 aliphatic heterocycles. The fourth-order valence-electron chi connectivity index (χ4n) is 2.70.